The summed E-state index contributed by atoms with van der Waals surface area (Å²) in [5.74, 6) is 1.14. The second-order valence-electron chi connectivity index (χ2n) is 4.01. The van der Waals surface area contributed by atoms with Crippen molar-refractivity contribution in [2.75, 3.05) is 5.75 Å². The number of rotatable bonds is 0. The lowest BCUT2D eigenvalue weighted by atomic mass is 9.90. The topological polar surface area (TPSA) is 24.4 Å². The van der Waals surface area contributed by atoms with E-state index in [-0.39, 0.29) is 0 Å². The summed E-state index contributed by atoms with van der Waals surface area (Å²) in [5.41, 5.74) is 6.24. The monoisotopic (exact) mass is 218 g/mol. The van der Waals surface area contributed by atoms with Crippen LogP contribution in [0, 0.1) is 0 Å². The largest absolute Gasteiger partial charge is 0.299 e. The van der Waals surface area contributed by atoms with Crippen LogP contribution in [0.15, 0.2) is 40.6 Å². The van der Waals surface area contributed by atoms with E-state index in [9.17, 15) is 0 Å². The van der Waals surface area contributed by atoms with Gasteiger partial charge in [-0.2, -0.15) is 5.10 Å². The summed E-state index contributed by atoms with van der Waals surface area (Å²) in [6, 6.07) is 0.361. The second-order valence-corrected chi connectivity index (χ2v) is 5.25. The molecule has 0 radical (unpaired) electrons. The maximum atomic E-state index is 4.20. The van der Waals surface area contributed by atoms with Crippen LogP contribution in [0.3, 0.4) is 0 Å². The minimum absolute atomic E-state index is 0.361. The van der Waals surface area contributed by atoms with Crippen molar-refractivity contribution in [1.82, 2.24) is 5.43 Å². The van der Waals surface area contributed by atoms with Gasteiger partial charge < -0.3 is 0 Å². The predicted octanol–water partition coefficient (Wildman–Crippen LogP) is 2.26. The van der Waals surface area contributed by atoms with Crippen LogP contribution in [0.1, 0.15) is 12.8 Å². The number of nitrogens with zero attached hydrogens (tertiary/aromatic N) is 1. The lowest BCUT2D eigenvalue weighted by molar-refractivity contribution is 0.622. The van der Waals surface area contributed by atoms with Crippen molar-refractivity contribution in [3.05, 3.63) is 35.5 Å². The Balaban J connectivity index is 1.98. The molecule has 15 heavy (non-hydrogen) atoms. The Hall–Kier alpha value is -0.960. The number of hydrazone groups is 1. The van der Waals surface area contributed by atoms with E-state index in [2.05, 4.69) is 34.8 Å². The van der Waals surface area contributed by atoms with Gasteiger partial charge in [-0.05, 0) is 17.6 Å². The third-order valence-electron chi connectivity index (χ3n) is 3.12. The van der Waals surface area contributed by atoms with Gasteiger partial charge in [0.15, 0.2) is 0 Å². The lowest BCUT2D eigenvalue weighted by Gasteiger charge is -2.28. The molecule has 2 atom stereocenters. The van der Waals surface area contributed by atoms with Crippen molar-refractivity contribution in [2.45, 2.75) is 24.1 Å². The van der Waals surface area contributed by atoms with E-state index in [0.29, 0.717) is 11.3 Å². The number of allylic oxidation sites excluding steroid dienone is 3. The number of nitrogens with one attached hydrogen (secondary N) is 1. The first-order chi connectivity index (χ1) is 7.45. The maximum Gasteiger partial charge on any atom is 0.0877 e. The Bertz CT molecular complexity index is 379. The maximum absolute atomic E-state index is 4.20. The van der Waals surface area contributed by atoms with Crippen molar-refractivity contribution in [1.29, 1.82) is 0 Å². The molecule has 0 aromatic heterocycles. The van der Waals surface area contributed by atoms with Crippen LogP contribution in [0.5, 0.6) is 0 Å². The SMILES string of the molecule is C1=CCC2SCC=C3CC=NNC3C2=C1. The van der Waals surface area contributed by atoms with Gasteiger partial charge in [-0.15, -0.1) is 11.8 Å². The third kappa shape index (κ3) is 1.65. The van der Waals surface area contributed by atoms with Gasteiger partial charge in [0, 0.05) is 23.6 Å². The highest BCUT2D eigenvalue weighted by atomic mass is 32.2. The van der Waals surface area contributed by atoms with Crippen molar-refractivity contribution >= 4 is 18.0 Å². The van der Waals surface area contributed by atoms with Gasteiger partial charge in [0.25, 0.3) is 0 Å². The molecule has 2 heterocycles. The Kier molecular flexibility index (Phi) is 2.41. The fourth-order valence-corrected chi connectivity index (χ4v) is 3.51. The normalized spacial score (nSPS) is 33.1. The van der Waals surface area contributed by atoms with E-state index >= 15 is 0 Å². The number of hydrogen-bond acceptors (Lipinski definition) is 3. The van der Waals surface area contributed by atoms with Crippen LogP contribution in [-0.2, 0) is 0 Å². The second kappa shape index (κ2) is 3.89. The van der Waals surface area contributed by atoms with E-state index < -0.39 is 0 Å². The van der Waals surface area contributed by atoms with Gasteiger partial charge in [-0.1, -0.05) is 24.3 Å². The molecule has 2 aliphatic heterocycles. The Morgan fingerprint density at radius 2 is 2.47 bits per heavy atom. The summed E-state index contributed by atoms with van der Waals surface area (Å²) in [6.07, 6.45) is 13.2. The summed E-state index contributed by atoms with van der Waals surface area (Å²) in [7, 11) is 0. The van der Waals surface area contributed by atoms with Crippen molar-refractivity contribution in [2.24, 2.45) is 5.10 Å². The fourth-order valence-electron chi connectivity index (χ4n) is 2.31. The minimum atomic E-state index is 0.361. The molecule has 2 unspecified atom stereocenters. The third-order valence-corrected chi connectivity index (χ3v) is 4.34. The summed E-state index contributed by atoms with van der Waals surface area (Å²) >= 11 is 2.04. The molecular formula is C12H14N2S. The van der Waals surface area contributed by atoms with Gasteiger partial charge in [0.1, 0.15) is 0 Å². The van der Waals surface area contributed by atoms with E-state index in [4.69, 9.17) is 0 Å². The highest BCUT2D eigenvalue weighted by molar-refractivity contribution is 8.00. The summed E-state index contributed by atoms with van der Waals surface area (Å²) < 4.78 is 0. The standard InChI is InChI=1S/C12H14N2S/c1-2-4-11-10(3-1)12-9(6-8-15-11)5-7-13-14-12/h1-3,6-7,11-12,14H,4-5,8H2. The van der Waals surface area contributed by atoms with E-state index in [1.807, 2.05) is 18.0 Å². The molecule has 1 N–H and O–H groups in total. The smallest absolute Gasteiger partial charge is 0.0877 e. The molecule has 0 spiro atoms. The van der Waals surface area contributed by atoms with Crippen LogP contribution in [0.25, 0.3) is 0 Å². The summed E-state index contributed by atoms with van der Waals surface area (Å²) in [4.78, 5) is 0. The van der Waals surface area contributed by atoms with Crippen LogP contribution in [0.4, 0.5) is 0 Å². The highest BCUT2D eigenvalue weighted by Gasteiger charge is 2.29. The van der Waals surface area contributed by atoms with Crippen molar-refractivity contribution < 1.29 is 0 Å². The zero-order valence-corrected chi connectivity index (χ0v) is 9.33. The van der Waals surface area contributed by atoms with Crippen molar-refractivity contribution in [3.63, 3.8) is 0 Å². The summed E-state index contributed by atoms with van der Waals surface area (Å²) in [5, 5.41) is 4.85. The predicted molar refractivity (Wildman–Crippen MR) is 66.2 cm³/mol. The minimum Gasteiger partial charge on any atom is -0.299 e. The molecule has 0 aromatic rings. The first-order valence-electron chi connectivity index (χ1n) is 5.39. The highest BCUT2D eigenvalue weighted by Crippen LogP contribution is 2.35. The lowest BCUT2D eigenvalue weighted by Crippen LogP contribution is -2.35. The Morgan fingerprint density at radius 1 is 1.47 bits per heavy atom. The fraction of sp³-hybridized carbons (Fsp3) is 0.417. The molecule has 0 fully saturated rings. The quantitative estimate of drug-likeness (QED) is 0.631. The van der Waals surface area contributed by atoms with Crippen LogP contribution < -0.4 is 5.43 Å². The average molecular weight is 218 g/mol. The first-order valence-corrected chi connectivity index (χ1v) is 6.44. The molecule has 2 nitrogen and oxygen atoms in total. The van der Waals surface area contributed by atoms with E-state index in [0.717, 1.165) is 12.2 Å². The molecule has 3 heteroatoms. The molecule has 1 aliphatic carbocycles. The molecule has 0 aromatic carbocycles. The van der Waals surface area contributed by atoms with Gasteiger partial charge in [-0.3, -0.25) is 5.43 Å². The van der Waals surface area contributed by atoms with E-state index in [1.165, 1.54) is 17.6 Å². The van der Waals surface area contributed by atoms with Gasteiger partial charge in [0.2, 0.25) is 0 Å². The van der Waals surface area contributed by atoms with Crippen LogP contribution in [0.2, 0.25) is 0 Å². The number of thioether (sulfide) groups is 1. The van der Waals surface area contributed by atoms with Gasteiger partial charge in [0.05, 0.1) is 6.04 Å². The molecule has 0 bridgehead atoms. The Labute approximate surface area is 94.2 Å². The average Bonchev–Trinajstić information content (AvgIpc) is 2.48. The number of hydrogen-bond donors (Lipinski definition) is 1. The zero-order chi connectivity index (χ0) is 10.1. The molecule has 0 saturated heterocycles. The Morgan fingerprint density at radius 3 is 3.47 bits per heavy atom. The van der Waals surface area contributed by atoms with E-state index in [1.54, 1.807) is 0 Å². The summed E-state index contributed by atoms with van der Waals surface area (Å²) in [6.45, 7) is 0. The van der Waals surface area contributed by atoms with Gasteiger partial charge >= 0.3 is 0 Å². The van der Waals surface area contributed by atoms with Crippen LogP contribution >= 0.6 is 11.8 Å². The molecular weight excluding hydrogens is 204 g/mol. The zero-order valence-electron chi connectivity index (χ0n) is 8.52. The molecule has 0 amide bonds. The molecule has 3 aliphatic rings. The van der Waals surface area contributed by atoms with Crippen molar-refractivity contribution in [3.8, 4) is 0 Å². The van der Waals surface area contributed by atoms with Gasteiger partial charge in [-0.25, -0.2) is 0 Å². The molecule has 0 saturated carbocycles. The van der Waals surface area contributed by atoms with Crippen LogP contribution in [-0.4, -0.2) is 23.3 Å². The first kappa shape index (κ1) is 9.28. The molecule has 3 rings (SSSR count). The number of fused-ring (bicyclic) bond motifs is 3. The molecule has 78 valence electrons.